The first kappa shape index (κ1) is 29.7. The van der Waals surface area contributed by atoms with Crippen molar-refractivity contribution in [2.75, 3.05) is 34.3 Å². The number of hydrogen-bond acceptors (Lipinski definition) is 11. The Balaban J connectivity index is 1.80. The first-order valence-electron chi connectivity index (χ1n) is 12.9. The number of nitrogens with two attached hydrogens (primary N) is 1. The topological polar surface area (TPSA) is 202 Å². The number of phenols is 1. The zero-order valence-corrected chi connectivity index (χ0v) is 22.8. The molecule has 4 rings (SSSR count). The Morgan fingerprint density at radius 2 is 1.83 bits per heavy atom. The third kappa shape index (κ3) is 4.45. The van der Waals surface area contributed by atoms with Gasteiger partial charge < -0.3 is 20.7 Å². The summed E-state index contributed by atoms with van der Waals surface area (Å²) >= 11 is 0. The number of nitrogens with zero attached hydrogens (tertiary/aromatic N) is 2. The largest absolute Gasteiger partial charge is 0.507 e. The number of rotatable bonds is 7. The standard InChI is InChI=1S/C28H31N3O10/c1-5-8-31(27(39)41-4)11-17(33)13-6-7-16(32)19-14(13)9-12-10-15-21(30(2)3)23(35)20(26(29)38)25(37)28(15,40)24(36)18(12)22(19)34/h5-7,12,15,18,20-21,32,40H,1,8-11H2,2-4H3,(H2,29,38)/t12-,15-,18?,20?,21-,28-/m0/s1. The molecule has 2 unspecified atom stereocenters. The lowest BCUT2D eigenvalue weighted by Crippen LogP contribution is -2.74. The van der Waals surface area contributed by atoms with Crippen LogP contribution in [0.15, 0.2) is 24.8 Å². The smallest absolute Gasteiger partial charge is 0.410 e. The van der Waals surface area contributed by atoms with Gasteiger partial charge in [0, 0.05) is 18.0 Å². The number of ether oxygens (including phenoxy) is 1. The number of ketones is 5. The normalized spacial score (nSPS) is 28.9. The molecule has 0 radical (unpaired) electrons. The summed E-state index contributed by atoms with van der Waals surface area (Å²) in [4.78, 5) is 94.1. The van der Waals surface area contributed by atoms with Crippen LogP contribution in [0.2, 0.25) is 0 Å². The van der Waals surface area contributed by atoms with Crippen molar-refractivity contribution in [1.82, 2.24) is 9.80 Å². The molecule has 0 aromatic heterocycles. The zero-order chi connectivity index (χ0) is 30.5. The average Bonchev–Trinajstić information content (AvgIpc) is 2.89. The molecule has 6 atom stereocenters. The fourth-order valence-corrected chi connectivity index (χ4v) is 6.61. The first-order valence-corrected chi connectivity index (χ1v) is 12.9. The van der Waals surface area contributed by atoms with Gasteiger partial charge in [-0.25, -0.2) is 4.79 Å². The van der Waals surface area contributed by atoms with Crippen molar-refractivity contribution in [3.8, 4) is 5.75 Å². The van der Waals surface area contributed by atoms with Gasteiger partial charge in [0.2, 0.25) is 5.91 Å². The van der Waals surface area contributed by atoms with E-state index in [1.165, 1.54) is 31.1 Å². The number of aromatic hydroxyl groups is 1. The van der Waals surface area contributed by atoms with Crippen LogP contribution in [0.4, 0.5) is 4.79 Å². The van der Waals surface area contributed by atoms with Crippen LogP contribution >= 0.6 is 0 Å². The van der Waals surface area contributed by atoms with Gasteiger partial charge in [-0.05, 0) is 50.6 Å². The fourth-order valence-electron chi connectivity index (χ4n) is 6.61. The number of fused-ring (bicyclic) bond motifs is 3. The van der Waals surface area contributed by atoms with Crippen molar-refractivity contribution in [3.63, 3.8) is 0 Å². The zero-order valence-electron chi connectivity index (χ0n) is 22.8. The fraction of sp³-hybridized carbons (Fsp3) is 0.464. The molecule has 1 aromatic carbocycles. The summed E-state index contributed by atoms with van der Waals surface area (Å²) in [7, 11) is 4.12. The average molecular weight is 570 g/mol. The number of primary amides is 1. The molecular weight excluding hydrogens is 538 g/mol. The molecule has 0 saturated heterocycles. The maximum Gasteiger partial charge on any atom is 0.410 e. The number of Topliss-reactive ketones (excluding diaryl/α,β-unsaturated/α-hetero) is 5. The SMILES string of the molecule is C=CCN(CC(=O)c1ccc(O)c2c1C[C@H]1C[C@H]3[C@H](N(C)C)C(=O)C(C(N)=O)C(=O)[C@@]3(O)C(=O)C1C2=O)C(=O)OC. The Labute approximate surface area is 234 Å². The second-order valence-electron chi connectivity index (χ2n) is 10.8. The number of benzene rings is 1. The number of methoxy groups -OCH3 is 1. The Kier molecular flexibility index (Phi) is 7.71. The summed E-state index contributed by atoms with van der Waals surface area (Å²) in [6, 6.07) is 1.18. The Bertz CT molecular complexity index is 1400. The molecule has 1 aromatic rings. The molecule has 0 bridgehead atoms. The molecule has 0 aliphatic heterocycles. The highest BCUT2D eigenvalue weighted by Gasteiger charge is 2.69. The van der Waals surface area contributed by atoms with Crippen molar-refractivity contribution >= 4 is 40.9 Å². The lowest BCUT2D eigenvalue weighted by molar-refractivity contribution is -0.181. The van der Waals surface area contributed by atoms with Gasteiger partial charge in [0.1, 0.15) is 5.75 Å². The van der Waals surface area contributed by atoms with Gasteiger partial charge in [0.15, 0.2) is 40.4 Å². The third-order valence-corrected chi connectivity index (χ3v) is 8.36. The van der Waals surface area contributed by atoms with Crippen LogP contribution in [-0.4, -0.2) is 107 Å². The maximum absolute atomic E-state index is 13.9. The number of hydrogen-bond donors (Lipinski definition) is 3. The number of phenolic OH excluding ortho intramolecular Hbond substituents is 1. The number of aliphatic hydroxyl groups is 1. The lowest BCUT2D eigenvalue weighted by atomic mass is 9.52. The Hall–Kier alpha value is -4.23. The highest BCUT2D eigenvalue weighted by molar-refractivity contribution is 6.32. The van der Waals surface area contributed by atoms with Crippen LogP contribution in [0.3, 0.4) is 0 Å². The molecule has 2 saturated carbocycles. The van der Waals surface area contributed by atoms with Gasteiger partial charge in [-0.1, -0.05) is 6.08 Å². The van der Waals surface area contributed by atoms with Gasteiger partial charge in [-0.3, -0.25) is 38.6 Å². The molecule has 218 valence electrons. The van der Waals surface area contributed by atoms with E-state index in [1.54, 1.807) is 0 Å². The van der Waals surface area contributed by atoms with E-state index in [4.69, 9.17) is 10.5 Å². The predicted molar refractivity (Wildman–Crippen MR) is 140 cm³/mol. The first-order chi connectivity index (χ1) is 19.2. The van der Waals surface area contributed by atoms with Crippen LogP contribution in [0.25, 0.3) is 0 Å². The summed E-state index contributed by atoms with van der Waals surface area (Å²) in [6.45, 7) is 3.12. The van der Waals surface area contributed by atoms with Crippen LogP contribution in [0.5, 0.6) is 5.75 Å². The maximum atomic E-state index is 13.9. The van der Waals surface area contributed by atoms with Crippen molar-refractivity contribution in [3.05, 3.63) is 41.5 Å². The van der Waals surface area contributed by atoms with E-state index in [9.17, 15) is 43.8 Å². The summed E-state index contributed by atoms with van der Waals surface area (Å²) in [6.07, 6.45) is 0.379. The molecule has 0 spiro atoms. The minimum atomic E-state index is -2.84. The predicted octanol–water partition coefficient (Wildman–Crippen LogP) is -0.696. The molecule has 2 amide bonds. The van der Waals surface area contributed by atoms with Gasteiger partial charge in [-0.2, -0.15) is 0 Å². The van der Waals surface area contributed by atoms with Gasteiger partial charge >= 0.3 is 6.09 Å². The minimum absolute atomic E-state index is 0.00262. The van der Waals surface area contributed by atoms with Crippen LogP contribution < -0.4 is 5.73 Å². The lowest BCUT2D eigenvalue weighted by Gasteiger charge is -2.52. The van der Waals surface area contributed by atoms with E-state index in [1.807, 2.05) is 0 Å². The molecular formula is C28H31N3O10. The van der Waals surface area contributed by atoms with E-state index in [0.29, 0.717) is 0 Å². The quantitative estimate of drug-likeness (QED) is 0.213. The van der Waals surface area contributed by atoms with E-state index in [-0.39, 0.29) is 36.1 Å². The van der Waals surface area contributed by atoms with E-state index >= 15 is 0 Å². The van der Waals surface area contributed by atoms with Crippen molar-refractivity contribution in [1.29, 1.82) is 0 Å². The molecule has 3 aliphatic rings. The second kappa shape index (κ2) is 10.6. The third-order valence-electron chi connectivity index (χ3n) is 8.36. The summed E-state index contributed by atoms with van der Waals surface area (Å²) in [5.41, 5.74) is 2.34. The highest BCUT2D eigenvalue weighted by Crippen LogP contribution is 2.51. The molecule has 4 N–H and O–H groups in total. The minimum Gasteiger partial charge on any atom is -0.507 e. The second-order valence-corrected chi connectivity index (χ2v) is 10.8. The highest BCUT2D eigenvalue weighted by atomic mass is 16.5. The summed E-state index contributed by atoms with van der Waals surface area (Å²) < 4.78 is 4.71. The summed E-state index contributed by atoms with van der Waals surface area (Å²) in [5, 5.41) is 22.2. The molecule has 0 heterocycles. The molecule has 13 nitrogen and oxygen atoms in total. The monoisotopic (exact) mass is 569 g/mol. The molecule has 3 aliphatic carbocycles. The van der Waals surface area contributed by atoms with Gasteiger partial charge in [0.05, 0.1) is 31.2 Å². The Morgan fingerprint density at radius 1 is 1.17 bits per heavy atom. The molecule has 2 fully saturated rings. The summed E-state index contributed by atoms with van der Waals surface area (Å²) in [5.74, 6) is -12.5. The van der Waals surface area contributed by atoms with E-state index in [0.717, 1.165) is 18.1 Å². The van der Waals surface area contributed by atoms with Crippen molar-refractivity contribution < 1.29 is 48.5 Å². The molecule has 13 heteroatoms. The van der Waals surface area contributed by atoms with E-state index < -0.39 is 88.5 Å². The van der Waals surface area contributed by atoms with Crippen molar-refractivity contribution in [2.45, 2.75) is 24.5 Å². The molecule has 41 heavy (non-hydrogen) atoms. The number of carbonyl (C=O) groups excluding carboxylic acids is 7. The van der Waals surface area contributed by atoms with Gasteiger partial charge in [-0.15, -0.1) is 6.58 Å². The van der Waals surface area contributed by atoms with E-state index in [2.05, 4.69) is 6.58 Å². The van der Waals surface area contributed by atoms with Crippen LogP contribution in [0.1, 0.15) is 32.7 Å². The van der Waals surface area contributed by atoms with Crippen LogP contribution in [0, 0.1) is 23.7 Å². The van der Waals surface area contributed by atoms with Crippen LogP contribution in [-0.2, 0) is 30.3 Å². The number of likely N-dealkylation sites (N-methyl/N-ethyl adjacent to an activating group) is 1. The Morgan fingerprint density at radius 3 is 2.39 bits per heavy atom. The van der Waals surface area contributed by atoms with Crippen molar-refractivity contribution in [2.24, 2.45) is 29.4 Å². The van der Waals surface area contributed by atoms with Gasteiger partial charge in [0.25, 0.3) is 0 Å². The number of carbonyl (C=O) groups is 7. The number of amides is 2.